The highest BCUT2D eigenvalue weighted by Gasteiger charge is 2.59. The summed E-state index contributed by atoms with van der Waals surface area (Å²) in [5.74, 6) is -2.16. The highest BCUT2D eigenvalue weighted by molar-refractivity contribution is 6.36. The number of anilines is 1. The molecule has 41 heavy (non-hydrogen) atoms. The van der Waals surface area contributed by atoms with E-state index in [2.05, 4.69) is 10.6 Å². The molecule has 0 spiro atoms. The van der Waals surface area contributed by atoms with E-state index in [-0.39, 0.29) is 28.9 Å². The third-order valence-electron chi connectivity index (χ3n) is 8.02. The third-order valence-corrected chi connectivity index (χ3v) is 8.58. The lowest BCUT2D eigenvalue weighted by molar-refractivity contribution is -0.173. The Balaban J connectivity index is 1.70. The van der Waals surface area contributed by atoms with Gasteiger partial charge < -0.3 is 20.1 Å². The summed E-state index contributed by atoms with van der Waals surface area (Å²) in [7, 11) is 1.26. The molecule has 0 heterocycles. The van der Waals surface area contributed by atoms with E-state index in [4.69, 9.17) is 32.7 Å². The van der Waals surface area contributed by atoms with Crippen LogP contribution in [0.2, 0.25) is 10.0 Å². The predicted octanol–water partition coefficient (Wildman–Crippen LogP) is 6.23. The molecule has 8 nitrogen and oxygen atoms in total. The lowest BCUT2D eigenvalue weighted by atomic mass is 9.65. The van der Waals surface area contributed by atoms with Crippen LogP contribution in [0.5, 0.6) is 0 Å². The van der Waals surface area contributed by atoms with E-state index in [1.165, 1.54) is 13.2 Å². The lowest BCUT2D eigenvalue weighted by Gasteiger charge is -2.40. The van der Waals surface area contributed by atoms with Gasteiger partial charge >= 0.3 is 11.9 Å². The van der Waals surface area contributed by atoms with Crippen molar-refractivity contribution in [2.75, 3.05) is 12.4 Å². The van der Waals surface area contributed by atoms with Crippen LogP contribution in [0.15, 0.2) is 42.5 Å². The molecule has 1 aliphatic rings. The topological polar surface area (TPSA) is 111 Å². The maximum Gasteiger partial charge on any atom is 0.328 e. The summed E-state index contributed by atoms with van der Waals surface area (Å²) in [6.07, 6.45) is 1.14. The summed E-state index contributed by atoms with van der Waals surface area (Å²) < 4.78 is 10.7. The largest absolute Gasteiger partial charge is 0.467 e. The molecular formula is C31H38Cl2N2O6. The van der Waals surface area contributed by atoms with E-state index < -0.39 is 40.3 Å². The van der Waals surface area contributed by atoms with Crippen LogP contribution in [-0.4, -0.2) is 42.5 Å². The molecule has 2 aromatic rings. The Bertz CT molecular complexity index is 1320. The molecule has 1 fully saturated rings. The number of esters is 2. The Kier molecular flexibility index (Phi) is 9.81. The van der Waals surface area contributed by atoms with Gasteiger partial charge in [-0.1, -0.05) is 49.2 Å². The number of amides is 2. The maximum absolute atomic E-state index is 13.5. The quantitative estimate of drug-likeness (QED) is 0.345. The minimum absolute atomic E-state index is 0.170. The van der Waals surface area contributed by atoms with Crippen molar-refractivity contribution in [2.24, 2.45) is 16.7 Å². The Morgan fingerprint density at radius 2 is 1.66 bits per heavy atom. The zero-order valence-corrected chi connectivity index (χ0v) is 26.0. The second-order valence-electron chi connectivity index (χ2n) is 12.2. The monoisotopic (exact) mass is 604 g/mol. The van der Waals surface area contributed by atoms with Crippen LogP contribution in [-0.2, 0) is 30.3 Å². The molecule has 0 saturated heterocycles. The molecule has 3 rings (SSSR count). The first-order valence-electron chi connectivity index (χ1n) is 13.5. The van der Waals surface area contributed by atoms with Crippen LogP contribution in [0, 0.1) is 16.7 Å². The van der Waals surface area contributed by atoms with Crippen LogP contribution in [0.4, 0.5) is 5.69 Å². The Labute approximate surface area is 251 Å². The van der Waals surface area contributed by atoms with E-state index in [9.17, 15) is 19.2 Å². The molecule has 0 unspecified atom stereocenters. The molecule has 2 amide bonds. The number of hydrogen-bond donors (Lipinski definition) is 2. The number of halogens is 2. The molecule has 0 radical (unpaired) electrons. The zero-order valence-electron chi connectivity index (χ0n) is 24.5. The summed E-state index contributed by atoms with van der Waals surface area (Å²) in [5, 5.41) is 6.29. The van der Waals surface area contributed by atoms with Crippen LogP contribution in [0.1, 0.15) is 70.3 Å². The van der Waals surface area contributed by atoms with Crippen molar-refractivity contribution in [3.05, 3.63) is 63.6 Å². The second kappa shape index (κ2) is 12.4. The standard InChI is InChI=1S/C31H38Cl2N2O6/c1-29(2,3)41-28(39)31(6)15-14-22(30(31,4)5)26(37)35-24(27(38)40-7)16-18-8-11-20(12-9-18)34-25(36)21-17-19(32)10-13-23(21)33/h8-13,17,22,24H,14-16H2,1-7H3,(H,34,36)(H,35,37)/t22-,24+,31+/m1/s1. The van der Waals surface area contributed by atoms with E-state index in [0.717, 1.165) is 5.56 Å². The fraction of sp³-hybridized carbons (Fsp3) is 0.484. The van der Waals surface area contributed by atoms with Crippen molar-refractivity contribution in [1.29, 1.82) is 0 Å². The second-order valence-corrected chi connectivity index (χ2v) is 13.1. The van der Waals surface area contributed by atoms with Crippen molar-refractivity contribution in [2.45, 2.75) is 72.4 Å². The molecule has 0 bridgehead atoms. The fourth-order valence-corrected chi connectivity index (χ4v) is 5.53. The number of carbonyl (C=O) groups is 4. The number of carbonyl (C=O) groups excluding carboxylic acids is 4. The van der Waals surface area contributed by atoms with Gasteiger partial charge in [0.1, 0.15) is 11.6 Å². The number of benzene rings is 2. The van der Waals surface area contributed by atoms with Gasteiger partial charge in [0.25, 0.3) is 5.91 Å². The molecule has 1 aliphatic carbocycles. The summed E-state index contributed by atoms with van der Waals surface area (Å²) in [6, 6.07) is 10.6. The summed E-state index contributed by atoms with van der Waals surface area (Å²) in [6.45, 7) is 11.1. The summed E-state index contributed by atoms with van der Waals surface area (Å²) in [4.78, 5) is 51.9. The van der Waals surface area contributed by atoms with Crippen molar-refractivity contribution >= 4 is 52.6 Å². The Hall–Kier alpha value is -3.10. The van der Waals surface area contributed by atoms with Gasteiger partial charge in [-0.3, -0.25) is 14.4 Å². The van der Waals surface area contributed by atoms with Crippen LogP contribution in [0.3, 0.4) is 0 Å². The lowest BCUT2D eigenvalue weighted by Crippen LogP contribution is -2.51. The van der Waals surface area contributed by atoms with Crippen LogP contribution >= 0.6 is 23.2 Å². The number of hydrogen-bond acceptors (Lipinski definition) is 6. The van der Waals surface area contributed by atoms with Gasteiger partial charge in [-0.15, -0.1) is 0 Å². The molecule has 0 aliphatic heterocycles. The Morgan fingerprint density at radius 1 is 1.02 bits per heavy atom. The first-order chi connectivity index (χ1) is 19.0. The van der Waals surface area contributed by atoms with Crippen molar-refractivity contribution in [1.82, 2.24) is 5.32 Å². The summed E-state index contributed by atoms with van der Waals surface area (Å²) >= 11 is 12.1. The SMILES string of the molecule is COC(=O)[C@H](Cc1ccc(NC(=O)c2cc(Cl)ccc2Cl)cc1)NC(=O)[C@H]1CC[C@@](C)(C(=O)OC(C)(C)C)C1(C)C. The smallest absolute Gasteiger partial charge is 0.328 e. The van der Waals surface area contributed by atoms with Crippen molar-refractivity contribution in [3.8, 4) is 0 Å². The van der Waals surface area contributed by atoms with Gasteiger partial charge in [-0.2, -0.15) is 0 Å². The van der Waals surface area contributed by atoms with Crippen LogP contribution in [0.25, 0.3) is 0 Å². The zero-order chi connectivity index (χ0) is 30.8. The van der Waals surface area contributed by atoms with E-state index in [1.54, 1.807) is 36.4 Å². The molecule has 1 saturated carbocycles. The number of nitrogens with one attached hydrogen (secondary N) is 2. The molecule has 2 aromatic carbocycles. The van der Waals surface area contributed by atoms with E-state index in [1.807, 2.05) is 41.5 Å². The minimum atomic E-state index is -0.942. The molecule has 3 atom stereocenters. The number of ether oxygens (including phenoxy) is 2. The maximum atomic E-state index is 13.5. The molecule has 2 N–H and O–H groups in total. The average Bonchev–Trinajstić information content (AvgIpc) is 3.14. The van der Waals surface area contributed by atoms with E-state index in [0.29, 0.717) is 23.6 Å². The van der Waals surface area contributed by atoms with Gasteiger partial charge in [0.05, 0.1) is 23.1 Å². The van der Waals surface area contributed by atoms with Crippen LogP contribution < -0.4 is 10.6 Å². The predicted molar refractivity (Wildman–Crippen MR) is 159 cm³/mol. The first kappa shape index (κ1) is 32.4. The molecule has 10 heteroatoms. The number of rotatable bonds is 8. The highest BCUT2D eigenvalue weighted by Crippen LogP contribution is 2.57. The van der Waals surface area contributed by atoms with Gasteiger partial charge in [0, 0.05) is 23.0 Å². The van der Waals surface area contributed by atoms with Crippen molar-refractivity contribution in [3.63, 3.8) is 0 Å². The van der Waals surface area contributed by atoms with Gasteiger partial charge in [-0.25, -0.2) is 4.79 Å². The molecule has 0 aromatic heterocycles. The first-order valence-corrected chi connectivity index (χ1v) is 14.2. The normalized spacial score (nSPS) is 20.6. The van der Waals surface area contributed by atoms with Gasteiger partial charge in [0.15, 0.2) is 0 Å². The Morgan fingerprint density at radius 3 is 2.24 bits per heavy atom. The summed E-state index contributed by atoms with van der Waals surface area (Å²) in [5.41, 5.74) is -0.724. The average molecular weight is 606 g/mol. The van der Waals surface area contributed by atoms with Gasteiger partial charge in [0.2, 0.25) is 5.91 Å². The minimum Gasteiger partial charge on any atom is -0.467 e. The van der Waals surface area contributed by atoms with E-state index >= 15 is 0 Å². The van der Waals surface area contributed by atoms with Gasteiger partial charge in [-0.05, 0) is 81.8 Å². The fourth-order valence-electron chi connectivity index (χ4n) is 5.15. The molecular weight excluding hydrogens is 567 g/mol. The third kappa shape index (κ3) is 7.41. The highest BCUT2D eigenvalue weighted by atomic mass is 35.5. The molecule has 222 valence electrons. The number of methoxy groups -OCH3 is 1. The van der Waals surface area contributed by atoms with Crippen molar-refractivity contribution < 1.29 is 28.7 Å².